The Morgan fingerprint density at radius 3 is 3.14 bits per heavy atom. The Bertz CT molecular complexity index is 263. The van der Waals surface area contributed by atoms with Crippen molar-refractivity contribution >= 4 is 0 Å². The second-order valence-electron chi connectivity index (χ2n) is 3.47. The normalized spacial score (nSPS) is 26.9. The fourth-order valence-electron chi connectivity index (χ4n) is 1.54. The molecule has 2 unspecified atom stereocenters. The number of ether oxygens (including phenoxy) is 1. The standard InChI is InChI=1S/C9H15N3O2/c13-9-6-14-5-8(9)11-2-4-12-3-1-10-7-12/h1,3,7-9,11,13H,2,4-6H2. The van der Waals surface area contributed by atoms with Gasteiger partial charge in [0.1, 0.15) is 0 Å². The molecule has 0 saturated carbocycles. The highest BCUT2D eigenvalue weighted by atomic mass is 16.5. The van der Waals surface area contributed by atoms with Crippen molar-refractivity contribution in [2.24, 2.45) is 0 Å². The maximum atomic E-state index is 9.44. The predicted molar refractivity (Wildman–Crippen MR) is 50.8 cm³/mol. The summed E-state index contributed by atoms with van der Waals surface area (Å²) < 4.78 is 7.12. The molecule has 1 aliphatic rings. The van der Waals surface area contributed by atoms with Crippen molar-refractivity contribution in [2.75, 3.05) is 19.8 Å². The molecule has 5 nitrogen and oxygen atoms in total. The zero-order chi connectivity index (χ0) is 9.80. The first kappa shape index (κ1) is 9.64. The number of aliphatic hydroxyl groups is 1. The molecule has 1 saturated heterocycles. The van der Waals surface area contributed by atoms with Crippen LogP contribution in [0, 0.1) is 0 Å². The summed E-state index contributed by atoms with van der Waals surface area (Å²) in [4.78, 5) is 3.95. The molecule has 14 heavy (non-hydrogen) atoms. The van der Waals surface area contributed by atoms with Gasteiger partial charge in [0.25, 0.3) is 0 Å². The summed E-state index contributed by atoms with van der Waals surface area (Å²) in [6, 6.07) is 0.0820. The minimum Gasteiger partial charge on any atom is -0.389 e. The molecule has 0 aliphatic carbocycles. The summed E-state index contributed by atoms with van der Waals surface area (Å²) in [5, 5.41) is 12.7. The molecule has 0 radical (unpaired) electrons. The Morgan fingerprint density at radius 2 is 2.50 bits per heavy atom. The van der Waals surface area contributed by atoms with Gasteiger partial charge in [-0.2, -0.15) is 0 Å². The molecule has 1 aromatic heterocycles. The number of nitrogens with zero attached hydrogens (tertiary/aromatic N) is 2. The van der Waals surface area contributed by atoms with Crippen LogP contribution in [-0.2, 0) is 11.3 Å². The quantitative estimate of drug-likeness (QED) is 0.665. The number of aromatic nitrogens is 2. The molecule has 0 aromatic carbocycles. The van der Waals surface area contributed by atoms with E-state index < -0.39 is 0 Å². The van der Waals surface area contributed by atoms with Crippen LogP contribution >= 0.6 is 0 Å². The summed E-state index contributed by atoms with van der Waals surface area (Å²) in [5.74, 6) is 0. The molecular formula is C9H15N3O2. The van der Waals surface area contributed by atoms with E-state index in [-0.39, 0.29) is 12.1 Å². The van der Waals surface area contributed by atoms with E-state index in [4.69, 9.17) is 4.74 Å². The van der Waals surface area contributed by atoms with Crippen LogP contribution in [0.2, 0.25) is 0 Å². The topological polar surface area (TPSA) is 59.3 Å². The van der Waals surface area contributed by atoms with Crippen LogP contribution in [0.25, 0.3) is 0 Å². The predicted octanol–water partition coefficient (Wildman–Crippen LogP) is -0.768. The van der Waals surface area contributed by atoms with E-state index in [2.05, 4.69) is 10.3 Å². The van der Waals surface area contributed by atoms with Gasteiger partial charge in [0, 0.05) is 25.5 Å². The molecular weight excluding hydrogens is 182 g/mol. The van der Waals surface area contributed by atoms with Gasteiger partial charge in [-0.3, -0.25) is 0 Å². The van der Waals surface area contributed by atoms with Gasteiger partial charge >= 0.3 is 0 Å². The molecule has 0 spiro atoms. The monoisotopic (exact) mass is 197 g/mol. The molecule has 1 aromatic rings. The molecule has 1 fully saturated rings. The second-order valence-corrected chi connectivity index (χ2v) is 3.47. The smallest absolute Gasteiger partial charge is 0.0948 e. The number of hydrogen-bond acceptors (Lipinski definition) is 4. The van der Waals surface area contributed by atoms with Crippen molar-refractivity contribution in [2.45, 2.75) is 18.7 Å². The highest BCUT2D eigenvalue weighted by molar-refractivity contribution is 4.81. The Labute approximate surface area is 82.7 Å². The van der Waals surface area contributed by atoms with Crippen LogP contribution < -0.4 is 5.32 Å². The maximum absolute atomic E-state index is 9.44. The minimum absolute atomic E-state index is 0.0820. The highest BCUT2D eigenvalue weighted by Crippen LogP contribution is 2.04. The third-order valence-electron chi connectivity index (χ3n) is 2.39. The van der Waals surface area contributed by atoms with Gasteiger partial charge < -0.3 is 19.7 Å². The molecule has 2 heterocycles. The number of rotatable bonds is 4. The van der Waals surface area contributed by atoms with Crippen LogP contribution in [0.15, 0.2) is 18.7 Å². The van der Waals surface area contributed by atoms with Crippen molar-refractivity contribution in [3.05, 3.63) is 18.7 Å². The lowest BCUT2D eigenvalue weighted by Gasteiger charge is -2.14. The largest absolute Gasteiger partial charge is 0.389 e. The lowest BCUT2D eigenvalue weighted by atomic mass is 10.2. The molecule has 2 atom stereocenters. The minimum atomic E-state index is -0.363. The lowest BCUT2D eigenvalue weighted by molar-refractivity contribution is 0.122. The molecule has 0 bridgehead atoms. The van der Waals surface area contributed by atoms with E-state index >= 15 is 0 Å². The van der Waals surface area contributed by atoms with E-state index in [0.717, 1.165) is 13.1 Å². The fraction of sp³-hybridized carbons (Fsp3) is 0.667. The summed E-state index contributed by atoms with van der Waals surface area (Å²) in [7, 11) is 0. The summed E-state index contributed by atoms with van der Waals surface area (Å²) in [6.07, 6.45) is 5.10. The van der Waals surface area contributed by atoms with Crippen LogP contribution in [0.3, 0.4) is 0 Å². The van der Waals surface area contributed by atoms with Crippen molar-refractivity contribution in [1.82, 2.24) is 14.9 Å². The Morgan fingerprint density at radius 1 is 1.57 bits per heavy atom. The van der Waals surface area contributed by atoms with E-state index in [9.17, 15) is 5.11 Å². The maximum Gasteiger partial charge on any atom is 0.0948 e. The van der Waals surface area contributed by atoms with Gasteiger partial charge in [-0.15, -0.1) is 0 Å². The first-order valence-electron chi connectivity index (χ1n) is 4.81. The van der Waals surface area contributed by atoms with Gasteiger partial charge in [0.15, 0.2) is 0 Å². The Hall–Kier alpha value is -0.910. The third kappa shape index (κ3) is 2.31. The van der Waals surface area contributed by atoms with Gasteiger partial charge in [-0.25, -0.2) is 4.98 Å². The van der Waals surface area contributed by atoms with Gasteiger partial charge in [0.2, 0.25) is 0 Å². The van der Waals surface area contributed by atoms with Crippen LogP contribution in [0.5, 0.6) is 0 Å². The first-order chi connectivity index (χ1) is 6.86. The lowest BCUT2D eigenvalue weighted by Crippen LogP contribution is -2.40. The summed E-state index contributed by atoms with van der Waals surface area (Å²) in [5.41, 5.74) is 0. The number of hydrogen-bond donors (Lipinski definition) is 2. The highest BCUT2D eigenvalue weighted by Gasteiger charge is 2.24. The van der Waals surface area contributed by atoms with Crippen molar-refractivity contribution in [3.63, 3.8) is 0 Å². The third-order valence-corrected chi connectivity index (χ3v) is 2.39. The summed E-state index contributed by atoms with van der Waals surface area (Å²) >= 11 is 0. The van der Waals surface area contributed by atoms with Crippen molar-refractivity contribution in [3.8, 4) is 0 Å². The second kappa shape index (κ2) is 4.54. The summed E-state index contributed by atoms with van der Waals surface area (Å²) in [6.45, 7) is 2.73. The van der Waals surface area contributed by atoms with Crippen molar-refractivity contribution < 1.29 is 9.84 Å². The van der Waals surface area contributed by atoms with Gasteiger partial charge in [-0.1, -0.05) is 0 Å². The van der Waals surface area contributed by atoms with E-state index in [1.165, 1.54) is 0 Å². The number of aliphatic hydroxyl groups excluding tert-OH is 1. The van der Waals surface area contributed by atoms with Crippen LogP contribution in [-0.4, -0.2) is 46.6 Å². The number of imidazole rings is 1. The first-order valence-corrected chi connectivity index (χ1v) is 4.81. The van der Waals surface area contributed by atoms with E-state index in [0.29, 0.717) is 13.2 Å². The molecule has 5 heteroatoms. The fourth-order valence-corrected chi connectivity index (χ4v) is 1.54. The zero-order valence-electron chi connectivity index (χ0n) is 7.97. The average molecular weight is 197 g/mol. The van der Waals surface area contributed by atoms with E-state index in [1.54, 1.807) is 12.5 Å². The van der Waals surface area contributed by atoms with Crippen LogP contribution in [0.4, 0.5) is 0 Å². The van der Waals surface area contributed by atoms with Crippen molar-refractivity contribution in [1.29, 1.82) is 0 Å². The SMILES string of the molecule is OC1COCC1NCCn1ccnc1. The van der Waals surface area contributed by atoms with Crippen LogP contribution in [0.1, 0.15) is 0 Å². The Balaban J connectivity index is 1.68. The average Bonchev–Trinajstić information content (AvgIpc) is 2.78. The molecule has 2 rings (SSSR count). The number of nitrogens with one attached hydrogen (secondary N) is 1. The molecule has 0 amide bonds. The van der Waals surface area contributed by atoms with Gasteiger partial charge in [-0.05, 0) is 0 Å². The Kier molecular flexibility index (Phi) is 3.13. The van der Waals surface area contributed by atoms with Gasteiger partial charge in [0.05, 0.1) is 31.7 Å². The molecule has 1 aliphatic heterocycles. The van der Waals surface area contributed by atoms with E-state index in [1.807, 2.05) is 10.8 Å². The molecule has 78 valence electrons. The zero-order valence-corrected chi connectivity index (χ0v) is 7.97. The molecule has 2 N–H and O–H groups in total.